The minimum Gasteiger partial charge on any atom is -0.481 e. The van der Waals surface area contributed by atoms with E-state index in [9.17, 15) is 13.2 Å². The van der Waals surface area contributed by atoms with Gasteiger partial charge in [-0.05, 0) is 25.2 Å². The Balaban J connectivity index is 1.88. The molecule has 0 aromatic heterocycles. The Labute approximate surface area is 107 Å². The van der Waals surface area contributed by atoms with Crippen LogP contribution in [0.25, 0.3) is 0 Å². The molecule has 1 heterocycles. The molecule has 0 spiro atoms. The first-order valence-corrected chi connectivity index (χ1v) is 7.77. The van der Waals surface area contributed by atoms with Gasteiger partial charge in [0.1, 0.15) is 0 Å². The van der Waals surface area contributed by atoms with Gasteiger partial charge in [-0.3, -0.25) is 4.79 Å². The average Bonchev–Trinajstić information content (AvgIpc) is 2.66. The van der Waals surface area contributed by atoms with Gasteiger partial charge in [0.05, 0.1) is 18.3 Å². The number of carbonyl (C=O) groups is 1. The summed E-state index contributed by atoms with van der Waals surface area (Å²) in [6, 6.07) is -0.154. The van der Waals surface area contributed by atoms with Crippen molar-refractivity contribution in [3.8, 4) is 0 Å². The van der Waals surface area contributed by atoms with Crippen molar-refractivity contribution >= 4 is 16.0 Å². The van der Waals surface area contributed by atoms with E-state index < -0.39 is 16.0 Å². The molecule has 6 nitrogen and oxygen atoms in total. The lowest BCUT2D eigenvalue weighted by Gasteiger charge is -2.38. The molecule has 2 fully saturated rings. The van der Waals surface area contributed by atoms with Crippen molar-refractivity contribution in [2.75, 3.05) is 26.0 Å². The zero-order valence-electron chi connectivity index (χ0n) is 10.4. The zero-order valence-corrected chi connectivity index (χ0v) is 11.2. The normalized spacial score (nSPS) is 32.4. The minimum atomic E-state index is -3.29. The Morgan fingerprint density at radius 3 is 2.61 bits per heavy atom. The van der Waals surface area contributed by atoms with Gasteiger partial charge in [-0.25, -0.2) is 12.7 Å². The maximum atomic E-state index is 12.1. The second-order valence-corrected chi connectivity index (χ2v) is 7.26. The summed E-state index contributed by atoms with van der Waals surface area (Å²) in [7, 11) is -1.74. The van der Waals surface area contributed by atoms with Crippen LogP contribution in [0.4, 0.5) is 0 Å². The van der Waals surface area contributed by atoms with Crippen molar-refractivity contribution < 1.29 is 23.1 Å². The molecule has 18 heavy (non-hydrogen) atoms. The van der Waals surface area contributed by atoms with Gasteiger partial charge in [0.2, 0.25) is 10.0 Å². The topological polar surface area (TPSA) is 83.9 Å². The van der Waals surface area contributed by atoms with Gasteiger partial charge in [-0.15, -0.1) is 0 Å². The van der Waals surface area contributed by atoms with E-state index in [1.165, 1.54) is 4.31 Å². The standard InChI is InChI=1S/C11H19NO5S/c1-12(10-4-9(5-10)11(13)14)18(15,16)7-8-2-3-17-6-8/h8-10H,2-7H2,1H3,(H,13,14). The Morgan fingerprint density at radius 1 is 1.44 bits per heavy atom. The molecule has 1 atom stereocenters. The molecule has 1 saturated heterocycles. The Hall–Kier alpha value is -0.660. The van der Waals surface area contributed by atoms with Gasteiger partial charge in [0, 0.05) is 19.7 Å². The molecule has 1 aliphatic heterocycles. The number of sulfonamides is 1. The average molecular weight is 277 g/mol. The number of ether oxygens (including phenoxy) is 1. The second kappa shape index (κ2) is 5.14. The van der Waals surface area contributed by atoms with Crippen LogP contribution in [0.5, 0.6) is 0 Å². The van der Waals surface area contributed by atoms with Gasteiger partial charge in [0.25, 0.3) is 0 Å². The predicted molar refractivity (Wildman–Crippen MR) is 64.6 cm³/mol. The van der Waals surface area contributed by atoms with Crippen LogP contribution < -0.4 is 0 Å². The van der Waals surface area contributed by atoms with E-state index in [1.54, 1.807) is 7.05 Å². The van der Waals surface area contributed by atoms with Crippen LogP contribution in [-0.4, -0.2) is 55.9 Å². The van der Waals surface area contributed by atoms with Crippen molar-refractivity contribution in [1.82, 2.24) is 4.31 Å². The lowest BCUT2D eigenvalue weighted by molar-refractivity contribution is -0.146. The van der Waals surface area contributed by atoms with Crippen LogP contribution in [0, 0.1) is 11.8 Å². The quantitative estimate of drug-likeness (QED) is 0.773. The summed E-state index contributed by atoms with van der Waals surface area (Å²) >= 11 is 0. The fourth-order valence-corrected chi connectivity index (χ4v) is 4.16. The van der Waals surface area contributed by atoms with Crippen LogP contribution in [-0.2, 0) is 19.6 Å². The number of carboxylic acid groups (broad SMARTS) is 1. The van der Waals surface area contributed by atoms with Crippen molar-refractivity contribution in [2.24, 2.45) is 11.8 Å². The molecule has 0 aromatic rings. The fourth-order valence-electron chi connectivity index (χ4n) is 2.44. The predicted octanol–water partition coefficient (Wildman–Crippen LogP) is 0.148. The molecule has 0 bridgehead atoms. The molecule has 1 unspecified atom stereocenters. The smallest absolute Gasteiger partial charge is 0.306 e. The van der Waals surface area contributed by atoms with E-state index in [0.29, 0.717) is 26.1 Å². The van der Waals surface area contributed by atoms with Crippen LogP contribution >= 0.6 is 0 Å². The van der Waals surface area contributed by atoms with Gasteiger partial charge in [0.15, 0.2) is 0 Å². The lowest BCUT2D eigenvalue weighted by atomic mass is 9.80. The lowest BCUT2D eigenvalue weighted by Crippen LogP contribution is -2.48. The SMILES string of the molecule is CN(C1CC(C(=O)O)C1)S(=O)(=O)CC1CCOC1. The first kappa shape index (κ1) is 13.8. The number of carboxylic acids is 1. The van der Waals surface area contributed by atoms with Crippen molar-refractivity contribution in [3.05, 3.63) is 0 Å². The molecule has 0 aromatic carbocycles. The molecule has 7 heteroatoms. The Bertz CT molecular complexity index is 409. The molecule has 104 valence electrons. The number of hydrogen-bond donors (Lipinski definition) is 1. The molecular formula is C11H19NO5S. The highest BCUT2D eigenvalue weighted by atomic mass is 32.2. The molecule has 2 aliphatic rings. The third-order valence-electron chi connectivity index (χ3n) is 3.89. The van der Waals surface area contributed by atoms with E-state index in [0.717, 1.165) is 6.42 Å². The molecule has 1 N–H and O–H groups in total. The summed E-state index contributed by atoms with van der Waals surface area (Å²) in [5.74, 6) is -1.03. The molecule has 1 saturated carbocycles. The van der Waals surface area contributed by atoms with Crippen molar-refractivity contribution in [2.45, 2.75) is 25.3 Å². The van der Waals surface area contributed by atoms with Gasteiger partial charge >= 0.3 is 5.97 Å². The Kier molecular flexibility index (Phi) is 3.93. The number of hydrogen-bond acceptors (Lipinski definition) is 4. The Morgan fingerprint density at radius 2 is 2.11 bits per heavy atom. The van der Waals surface area contributed by atoms with Crippen molar-refractivity contribution in [3.63, 3.8) is 0 Å². The van der Waals surface area contributed by atoms with Gasteiger partial charge in [-0.1, -0.05) is 0 Å². The van der Waals surface area contributed by atoms with Crippen LogP contribution in [0.3, 0.4) is 0 Å². The number of rotatable bonds is 5. The summed E-state index contributed by atoms with van der Waals surface area (Å²) in [6.45, 7) is 1.14. The van der Waals surface area contributed by atoms with E-state index in [-0.39, 0.29) is 23.6 Å². The highest BCUT2D eigenvalue weighted by Gasteiger charge is 2.41. The van der Waals surface area contributed by atoms with Crippen LogP contribution in [0.15, 0.2) is 0 Å². The molecule has 0 radical (unpaired) electrons. The zero-order chi connectivity index (χ0) is 13.3. The van der Waals surface area contributed by atoms with Crippen LogP contribution in [0.1, 0.15) is 19.3 Å². The third kappa shape index (κ3) is 2.84. The summed E-state index contributed by atoms with van der Waals surface area (Å²) in [6.07, 6.45) is 1.63. The minimum absolute atomic E-state index is 0.0767. The molecule has 2 rings (SSSR count). The first-order chi connectivity index (χ1) is 8.40. The molecule has 1 aliphatic carbocycles. The molecular weight excluding hydrogens is 258 g/mol. The largest absolute Gasteiger partial charge is 0.481 e. The number of aliphatic carboxylic acids is 1. The fraction of sp³-hybridized carbons (Fsp3) is 0.909. The van der Waals surface area contributed by atoms with E-state index in [1.807, 2.05) is 0 Å². The van der Waals surface area contributed by atoms with E-state index in [2.05, 4.69) is 0 Å². The monoisotopic (exact) mass is 277 g/mol. The first-order valence-electron chi connectivity index (χ1n) is 6.16. The van der Waals surface area contributed by atoms with Gasteiger partial charge in [-0.2, -0.15) is 0 Å². The highest BCUT2D eigenvalue weighted by Crippen LogP contribution is 2.33. The maximum absolute atomic E-state index is 12.1. The van der Waals surface area contributed by atoms with E-state index >= 15 is 0 Å². The summed E-state index contributed by atoms with van der Waals surface area (Å²) < 4.78 is 30.8. The number of nitrogens with zero attached hydrogens (tertiary/aromatic N) is 1. The molecule has 0 amide bonds. The second-order valence-electron chi connectivity index (χ2n) is 5.18. The summed E-state index contributed by atoms with van der Waals surface area (Å²) in [4.78, 5) is 10.7. The van der Waals surface area contributed by atoms with E-state index in [4.69, 9.17) is 9.84 Å². The van der Waals surface area contributed by atoms with Crippen molar-refractivity contribution in [1.29, 1.82) is 0 Å². The highest BCUT2D eigenvalue weighted by molar-refractivity contribution is 7.89. The third-order valence-corrected chi connectivity index (χ3v) is 5.95. The maximum Gasteiger partial charge on any atom is 0.306 e. The van der Waals surface area contributed by atoms with Crippen LogP contribution in [0.2, 0.25) is 0 Å². The summed E-state index contributed by atoms with van der Waals surface area (Å²) in [5, 5.41) is 8.78. The van der Waals surface area contributed by atoms with Gasteiger partial charge < -0.3 is 9.84 Å². The summed E-state index contributed by atoms with van der Waals surface area (Å²) in [5.41, 5.74) is 0.